The highest BCUT2D eigenvalue weighted by Gasteiger charge is 2.26. The van der Waals surface area contributed by atoms with Gasteiger partial charge in [-0.1, -0.05) is 6.07 Å². The molecule has 22 heavy (non-hydrogen) atoms. The van der Waals surface area contributed by atoms with E-state index < -0.39 is 5.91 Å². The molecule has 0 bridgehead atoms. The quantitative estimate of drug-likeness (QED) is 0.379. The second-order valence-corrected chi connectivity index (χ2v) is 5.89. The third-order valence-corrected chi connectivity index (χ3v) is 4.27. The van der Waals surface area contributed by atoms with Crippen molar-refractivity contribution in [2.45, 2.75) is 38.6 Å². The van der Waals surface area contributed by atoms with Gasteiger partial charge in [0, 0.05) is 18.2 Å². The number of carbonyl (C=O) groups is 2. The number of pyridine rings is 1. The van der Waals surface area contributed by atoms with E-state index in [4.69, 9.17) is 18.1 Å². The largest absolute Gasteiger partial charge is 0.358 e. The van der Waals surface area contributed by atoms with E-state index in [0.717, 1.165) is 30.7 Å². The highest BCUT2D eigenvalue weighted by Crippen LogP contribution is 2.24. The van der Waals surface area contributed by atoms with Crippen LogP contribution in [0.25, 0.3) is 0 Å². The zero-order chi connectivity index (χ0) is 16.1. The van der Waals surface area contributed by atoms with Crippen LogP contribution >= 0.6 is 12.2 Å². The molecule has 1 aromatic heterocycles. The van der Waals surface area contributed by atoms with Crippen molar-refractivity contribution in [3.05, 3.63) is 30.1 Å². The summed E-state index contributed by atoms with van der Waals surface area (Å²) in [6.45, 7) is 1.64. The molecule has 0 aromatic carbocycles. The number of amides is 1. The molecule has 1 aliphatic rings. The first-order chi connectivity index (χ1) is 10.5. The summed E-state index contributed by atoms with van der Waals surface area (Å²) in [5, 5.41) is 4.19. The summed E-state index contributed by atoms with van der Waals surface area (Å²) in [4.78, 5) is 27.5. The number of nitrogens with two attached hydrogens (primary N) is 1. The maximum Gasteiger partial charge on any atom is 0.292 e. The molecule has 1 heterocycles. The number of hydrogen-bond acceptors (Lipinski definition) is 5. The summed E-state index contributed by atoms with van der Waals surface area (Å²) in [6, 6.07) is 5.17. The number of thiocarbonyl (C=S) groups is 1. The number of ketones is 1. The molecule has 1 saturated carbocycles. The number of hydrogen-bond donors (Lipinski definition) is 2. The Morgan fingerprint density at radius 3 is 2.55 bits per heavy atom. The molecular weight excluding hydrogens is 300 g/mol. The highest BCUT2D eigenvalue weighted by molar-refractivity contribution is 7.80. The van der Waals surface area contributed by atoms with Crippen LogP contribution < -0.4 is 11.2 Å². The summed E-state index contributed by atoms with van der Waals surface area (Å²) < 4.78 is 0. The fourth-order valence-corrected chi connectivity index (χ4v) is 2.84. The van der Waals surface area contributed by atoms with E-state index in [1.165, 1.54) is 6.20 Å². The number of nitrogens with one attached hydrogen (secondary N) is 1. The lowest BCUT2D eigenvalue weighted by molar-refractivity contribution is -0.121. The molecule has 0 atom stereocenters. The van der Waals surface area contributed by atoms with Crippen LogP contribution in [-0.4, -0.2) is 32.8 Å². The second-order valence-electron chi connectivity index (χ2n) is 5.50. The molecule has 7 heteroatoms. The third kappa shape index (κ3) is 4.08. The van der Waals surface area contributed by atoms with Gasteiger partial charge in [-0.2, -0.15) is 0 Å². The van der Waals surface area contributed by atoms with Gasteiger partial charge in [-0.25, -0.2) is 10.9 Å². The Balaban J connectivity index is 1.87. The molecule has 6 nitrogen and oxygen atoms in total. The molecule has 3 N–H and O–H groups in total. The molecule has 2 rings (SSSR count). The number of aromatic nitrogens is 1. The number of carbonyl (C=O) groups excluding carboxylic acids is 2. The van der Waals surface area contributed by atoms with Crippen molar-refractivity contribution in [1.82, 2.24) is 15.3 Å². The first kappa shape index (κ1) is 16.5. The third-order valence-electron chi connectivity index (χ3n) is 3.95. The smallest absolute Gasteiger partial charge is 0.292 e. The molecule has 118 valence electrons. The minimum atomic E-state index is -0.449. The molecule has 0 saturated heterocycles. The fourth-order valence-electron chi connectivity index (χ4n) is 2.59. The number of hydrazine groups is 1. The van der Waals surface area contributed by atoms with Crippen molar-refractivity contribution in [3.63, 3.8) is 0 Å². The van der Waals surface area contributed by atoms with Gasteiger partial charge in [-0.05, 0) is 57.0 Å². The normalized spacial score (nSPS) is 21.0. The van der Waals surface area contributed by atoms with Gasteiger partial charge in [0.2, 0.25) is 0 Å². The highest BCUT2D eigenvalue weighted by atomic mass is 32.1. The Labute approximate surface area is 135 Å². The van der Waals surface area contributed by atoms with Gasteiger partial charge in [0.05, 0.1) is 0 Å². The van der Waals surface area contributed by atoms with Crippen molar-refractivity contribution in [2.75, 3.05) is 0 Å². The summed E-state index contributed by atoms with van der Waals surface area (Å²) >= 11 is 5.19. The lowest BCUT2D eigenvalue weighted by atomic mass is 9.84. The van der Waals surface area contributed by atoms with E-state index in [9.17, 15) is 9.59 Å². The molecule has 1 aromatic rings. The minimum Gasteiger partial charge on any atom is -0.358 e. The van der Waals surface area contributed by atoms with E-state index in [1.807, 2.05) is 0 Å². The lowest BCUT2D eigenvalue weighted by Crippen LogP contribution is -2.51. The monoisotopic (exact) mass is 320 g/mol. The fraction of sp³-hybridized carbons (Fsp3) is 0.467. The zero-order valence-corrected chi connectivity index (χ0v) is 13.3. The Hall–Kier alpha value is -1.86. The van der Waals surface area contributed by atoms with Crippen LogP contribution in [0.5, 0.6) is 0 Å². The van der Waals surface area contributed by atoms with Crippen LogP contribution in [0.3, 0.4) is 0 Å². The predicted molar refractivity (Wildman–Crippen MR) is 86.8 cm³/mol. The maximum atomic E-state index is 12.1. The Morgan fingerprint density at radius 1 is 1.32 bits per heavy atom. The van der Waals surface area contributed by atoms with Gasteiger partial charge in [-0.3, -0.25) is 14.6 Å². The van der Waals surface area contributed by atoms with E-state index in [1.54, 1.807) is 25.1 Å². The van der Waals surface area contributed by atoms with Crippen LogP contribution in [0.15, 0.2) is 24.4 Å². The van der Waals surface area contributed by atoms with Crippen molar-refractivity contribution < 1.29 is 9.59 Å². The van der Waals surface area contributed by atoms with Crippen LogP contribution in [0.4, 0.5) is 0 Å². The van der Waals surface area contributed by atoms with Crippen LogP contribution in [0, 0.1) is 5.92 Å². The molecule has 1 fully saturated rings. The van der Waals surface area contributed by atoms with Crippen molar-refractivity contribution in [3.8, 4) is 0 Å². The summed E-state index contributed by atoms with van der Waals surface area (Å²) in [7, 11) is 0. The van der Waals surface area contributed by atoms with E-state index >= 15 is 0 Å². The number of Topliss-reactive ketones (excluding diaryl/α,β-unsaturated/α-hetero) is 1. The summed E-state index contributed by atoms with van der Waals surface area (Å²) in [6.07, 6.45) is 4.90. The topological polar surface area (TPSA) is 88.3 Å². The zero-order valence-electron chi connectivity index (χ0n) is 12.5. The van der Waals surface area contributed by atoms with Crippen molar-refractivity contribution >= 4 is 29.0 Å². The maximum absolute atomic E-state index is 12.1. The van der Waals surface area contributed by atoms with Crippen molar-refractivity contribution in [2.24, 2.45) is 11.8 Å². The lowest BCUT2D eigenvalue weighted by Gasteiger charge is -2.30. The average Bonchev–Trinajstić information content (AvgIpc) is 2.54. The number of rotatable bonds is 3. The van der Waals surface area contributed by atoms with Gasteiger partial charge >= 0.3 is 0 Å². The van der Waals surface area contributed by atoms with E-state index in [0.29, 0.717) is 0 Å². The van der Waals surface area contributed by atoms with Gasteiger partial charge in [-0.15, -0.1) is 0 Å². The molecule has 0 radical (unpaired) electrons. The van der Waals surface area contributed by atoms with Crippen LogP contribution in [0.1, 0.15) is 43.1 Å². The summed E-state index contributed by atoms with van der Waals surface area (Å²) in [5.41, 5.74) is 0.245. The van der Waals surface area contributed by atoms with E-state index in [2.05, 4.69) is 10.3 Å². The van der Waals surface area contributed by atoms with Gasteiger partial charge < -0.3 is 5.32 Å². The number of nitrogens with zero attached hydrogens (tertiary/aromatic N) is 2. The molecule has 1 amide bonds. The van der Waals surface area contributed by atoms with Gasteiger partial charge in [0.1, 0.15) is 11.5 Å². The van der Waals surface area contributed by atoms with Crippen LogP contribution in [0.2, 0.25) is 0 Å². The molecular formula is C15H20N4O2S. The van der Waals surface area contributed by atoms with E-state index in [-0.39, 0.29) is 28.5 Å². The SMILES string of the molecule is CC(=O)C1CCC(NC(=S)N(N)C(=O)c2ccccn2)CC1. The second kappa shape index (κ2) is 7.42. The van der Waals surface area contributed by atoms with Crippen molar-refractivity contribution in [1.29, 1.82) is 0 Å². The first-order valence-electron chi connectivity index (χ1n) is 7.30. The average molecular weight is 320 g/mol. The molecule has 0 aliphatic heterocycles. The Morgan fingerprint density at radius 2 is 2.00 bits per heavy atom. The van der Waals surface area contributed by atoms with Gasteiger partial charge in [0.25, 0.3) is 5.91 Å². The molecule has 0 spiro atoms. The Kier molecular flexibility index (Phi) is 5.57. The molecule has 1 aliphatic carbocycles. The molecule has 0 unspecified atom stereocenters. The standard InChI is InChI=1S/C15H20N4O2S/c1-10(20)11-5-7-12(8-6-11)18-15(22)19(16)14(21)13-4-2-3-9-17-13/h2-4,9,11-12H,5-8,16H2,1H3,(H,18,22). The first-order valence-corrected chi connectivity index (χ1v) is 7.71. The predicted octanol–water partition coefficient (Wildman–Crippen LogP) is 1.42. The van der Waals surface area contributed by atoms with Crippen LogP contribution in [-0.2, 0) is 4.79 Å². The minimum absolute atomic E-state index is 0.144. The summed E-state index contributed by atoms with van der Waals surface area (Å²) in [5.74, 6) is 5.71. The Bertz CT molecular complexity index is 556. The van der Waals surface area contributed by atoms with Gasteiger partial charge in [0.15, 0.2) is 5.11 Å².